The molecule has 33 heavy (non-hydrogen) atoms. The van der Waals surface area contributed by atoms with Crippen molar-refractivity contribution in [1.82, 2.24) is 19.4 Å². The van der Waals surface area contributed by atoms with Gasteiger partial charge in [0.05, 0.1) is 5.39 Å². The molecule has 2 aliphatic rings. The Hall–Kier alpha value is -3.37. The highest BCUT2D eigenvalue weighted by atomic mass is 16.1. The van der Waals surface area contributed by atoms with E-state index in [1.165, 1.54) is 12.1 Å². The van der Waals surface area contributed by atoms with E-state index in [1.54, 1.807) is 12.3 Å². The van der Waals surface area contributed by atoms with Crippen molar-refractivity contribution in [2.75, 3.05) is 43.4 Å². The zero-order chi connectivity index (χ0) is 22.8. The summed E-state index contributed by atoms with van der Waals surface area (Å²) in [6, 6.07) is 10.1. The molecule has 2 aromatic heterocycles. The van der Waals surface area contributed by atoms with Gasteiger partial charge in [0.1, 0.15) is 5.65 Å². The fourth-order valence-corrected chi connectivity index (χ4v) is 4.94. The first-order valence-corrected chi connectivity index (χ1v) is 11.8. The van der Waals surface area contributed by atoms with Crippen LogP contribution in [-0.2, 0) is 0 Å². The molecule has 5 rings (SSSR count). The van der Waals surface area contributed by atoms with Gasteiger partial charge in [0.15, 0.2) is 0 Å². The van der Waals surface area contributed by atoms with Crippen molar-refractivity contribution in [3.05, 3.63) is 52.4 Å². The second-order valence-corrected chi connectivity index (χ2v) is 9.10. The first-order valence-electron chi connectivity index (χ1n) is 11.8. The quantitative estimate of drug-likeness (QED) is 0.621. The van der Waals surface area contributed by atoms with Gasteiger partial charge in [-0.3, -0.25) is 9.36 Å². The SMILES string of the molecule is C#Cc1cc(=O)n(C2CCCCC2)c2nc(Nc3ccc(N4CCN(C)CC4)cc3)ncc12. The molecule has 170 valence electrons. The summed E-state index contributed by atoms with van der Waals surface area (Å²) < 4.78 is 1.83. The minimum Gasteiger partial charge on any atom is -0.369 e. The van der Waals surface area contributed by atoms with Crippen LogP contribution in [-0.4, -0.2) is 52.7 Å². The topological polar surface area (TPSA) is 66.3 Å². The van der Waals surface area contributed by atoms with Gasteiger partial charge in [-0.2, -0.15) is 4.98 Å². The molecule has 0 unspecified atom stereocenters. The first kappa shape index (κ1) is 21.5. The number of aromatic nitrogens is 3. The Morgan fingerprint density at radius 3 is 2.48 bits per heavy atom. The van der Waals surface area contributed by atoms with E-state index in [0.29, 0.717) is 17.2 Å². The number of piperazine rings is 1. The molecular formula is C26H30N6O. The Bertz CT molecular complexity index is 1230. The standard InChI is InChI=1S/C26H30N6O/c1-3-19-17-24(33)32(22-7-5-4-6-8-22)25-23(19)18-27-26(29-25)28-20-9-11-21(12-10-20)31-15-13-30(2)14-16-31/h1,9-12,17-18,22H,4-8,13-16H2,2H3,(H,27,28,29). The summed E-state index contributed by atoms with van der Waals surface area (Å²) >= 11 is 0. The third-order valence-corrected chi connectivity index (χ3v) is 6.88. The summed E-state index contributed by atoms with van der Waals surface area (Å²) in [5.41, 5.74) is 3.22. The average molecular weight is 443 g/mol. The van der Waals surface area contributed by atoms with E-state index >= 15 is 0 Å². The minimum atomic E-state index is -0.0801. The maximum atomic E-state index is 13.0. The second-order valence-electron chi connectivity index (χ2n) is 9.10. The Morgan fingerprint density at radius 2 is 1.79 bits per heavy atom. The molecule has 1 aliphatic heterocycles. The number of rotatable bonds is 4. The van der Waals surface area contributed by atoms with Gasteiger partial charge >= 0.3 is 0 Å². The molecule has 1 saturated heterocycles. The van der Waals surface area contributed by atoms with E-state index in [9.17, 15) is 4.79 Å². The molecule has 1 aromatic carbocycles. The van der Waals surface area contributed by atoms with Gasteiger partial charge in [0.25, 0.3) is 5.56 Å². The lowest BCUT2D eigenvalue weighted by Crippen LogP contribution is -2.44. The maximum absolute atomic E-state index is 13.0. The number of benzene rings is 1. The molecule has 3 heterocycles. The van der Waals surface area contributed by atoms with Crippen LogP contribution in [0.4, 0.5) is 17.3 Å². The molecule has 0 amide bonds. The van der Waals surface area contributed by atoms with Crippen LogP contribution in [0, 0.1) is 12.3 Å². The molecule has 1 saturated carbocycles. The van der Waals surface area contributed by atoms with Crippen molar-refractivity contribution < 1.29 is 0 Å². The van der Waals surface area contributed by atoms with Crippen molar-refractivity contribution in [2.24, 2.45) is 0 Å². The van der Waals surface area contributed by atoms with E-state index in [4.69, 9.17) is 11.4 Å². The molecule has 2 fully saturated rings. The highest BCUT2D eigenvalue weighted by Gasteiger charge is 2.21. The van der Waals surface area contributed by atoms with Crippen LogP contribution in [0.15, 0.2) is 41.3 Å². The molecule has 0 radical (unpaired) electrons. The zero-order valence-electron chi connectivity index (χ0n) is 19.1. The fraction of sp³-hybridized carbons (Fsp3) is 0.423. The van der Waals surface area contributed by atoms with Crippen LogP contribution in [0.3, 0.4) is 0 Å². The van der Waals surface area contributed by atoms with Gasteiger partial charge < -0.3 is 15.1 Å². The molecule has 1 aliphatic carbocycles. The Balaban J connectivity index is 1.44. The Labute approximate surface area is 194 Å². The van der Waals surface area contributed by atoms with E-state index in [-0.39, 0.29) is 11.6 Å². The molecule has 0 spiro atoms. The summed E-state index contributed by atoms with van der Waals surface area (Å²) in [5, 5.41) is 4.05. The van der Waals surface area contributed by atoms with Crippen molar-refractivity contribution in [1.29, 1.82) is 0 Å². The lowest BCUT2D eigenvalue weighted by Gasteiger charge is -2.34. The van der Waals surface area contributed by atoms with Crippen molar-refractivity contribution >= 4 is 28.4 Å². The smallest absolute Gasteiger partial charge is 0.253 e. The van der Waals surface area contributed by atoms with Gasteiger partial charge in [-0.1, -0.05) is 25.2 Å². The molecule has 7 nitrogen and oxygen atoms in total. The lowest BCUT2D eigenvalue weighted by molar-refractivity contribution is 0.313. The fourth-order valence-electron chi connectivity index (χ4n) is 4.94. The molecule has 3 aromatic rings. The normalized spacial score (nSPS) is 17.8. The molecule has 0 bridgehead atoms. The summed E-state index contributed by atoms with van der Waals surface area (Å²) in [5.74, 6) is 3.09. The molecule has 0 atom stereocenters. The van der Waals surface area contributed by atoms with Crippen molar-refractivity contribution in [3.63, 3.8) is 0 Å². The first-order chi connectivity index (χ1) is 16.1. The summed E-state index contributed by atoms with van der Waals surface area (Å²) in [7, 11) is 2.16. The number of likely N-dealkylation sites (N-methyl/N-ethyl adjacent to an activating group) is 1. The number of anilines is 3. The van der Waals surface area contributed by atoms with Crippen LogP contribution in [0.1, 0.15) is 43.7 Å². The number of nitrogens with zero attached hydrogens (tertiary/aromatic N) is 5. The number of hydrogen-bond donors (Lipinski definition) is 1. The van der Waals surface area contributed by atoms with Gasteiger partial charge in [-0.15, -0.1) is 6.42 Å². The van der Waals surface area contributed by atoms with Gasteiger partial charge in [0, 0.05) is 61.4 Å². The summed E-state index contributed by atoms with van der Waals surface area (Å²) in [4.78, 5) is 27.0. The van der Waals surface area contributed by atoms with Crippen LogP contribution in [0.5, 0.6) is 0 Å². The maximum Gasteiger partial charge on any atom is 0.253 e. The number of hydrogen-bond acceptors (Lipinski definition) is 6. The lowest BCUT2D eigenvalue weighted by atomic mass is 9.95. The second kappa shape index (κ2) is 9.24. The van der Waals surface area contributed by atoms with E-state index in [1.807, 2.05) is 16.7 Å². The van der Waals surface area contributed by atoms with E-state index < -0.39 is 0 Å². The summed E-state index contributed by atoms with van der Waals surface area (Å²) in [6.45, 7) is 4.22. The van der Waals surface area contributed by atoms with Gasteiger partial charge in [-0.25, -0.2) is 4.98 Å². The van der Waals surface area contributed by atoms with E-state index in [2.05, 4.69) is 45.2 Å². The number of nitrogens with one attached hydrogen (secondary N) is 1. The number of terminal acetylenes is 1. The van der Waals surface area contributed by atoms with Crippen molar-refractivity contribution in [2.45, 2.75) is 38.1 Å². The number of pyridine rings is 1. The van der Waals surface area contributed by atoms with Crippen LogP contribution >= 0.6 is 0 Å². The Morgan fingerprint density at radius 1 is 1.06 bits per heavy atom. The van der Waals surface area contributed by atoms with Gasteiger partial charge in [-0.05, 0) is 44.2 Å². The average Bonchev–Trinajstić information content (AvgIpc) is 2.85. The summed E-state index contributed by atoms with van der Waals surface area (Å²) in [6.07, 6.45) is 12.9. The highest BCUT2D eigenvalue weighted by Crippen LogP contribution is 2.30. The third-order valence-electron chi connectivity index (χ3n) is 6.88. The number of fused-ring (bicyclic) bond motifs is 1. The van der Waals surface area contributed by atoms with Gasteiger partial charge in [0.2, 0.25) is 5.95 Å². The van der Waals surface area contributed by atoms with Crippen LogP contribution in [0.25, 0.3) is 11.0 Å². The minimum absolute atomic E-state index is 0.0801. The van der Waals surface area contributed by atoms with Crippen molar-refractivity contribution in [3.8, 4) is 12.3 Å². The monoisotopic (exact) mass is 442 g/mol. The van der Waals surface area contributed by atoms with Crippen LogP contribution < -0.4 is 15.8 Å². The predicted molar refractivity (Wildman–Crippen MR) is 133 cm³/mol. The Kier molecular flexibility index (Phi) is 6.01. The third kappa shape index (κ3) is 4.44. The molecule has 1 N–H and O–H groups in total. The zero-order valence-corrected chi connectivity index (χ0v) is 19.1. The van der Waals surface area contributed by atoms with E-state index in [0.717, 1.165) is 62.9 Å². The largest absolute Gasteiger partial charge is 0.369 e. The molecule has 7 heteroatoms. The molecular weight excluding hydrogens is 412 g/mol. The predicted octanol–water partition coefficient (Wildman–Crippen LogP) is 3.77. The van der Waals surface area contributed by atoms with Crippen LogP contribution in [0.2, 0.25) is 0 Å². The highest BCUT2D eigenvalue weighted by molar-refractivity contribution is 5.82.